The summed E-state index contributed by atoms with van der Waals surface area (Å²) in [6.07, 6.45) is 0.252. The number of thioether (sulfide) groups is 1. The van der Waals surface area contributed by atoms with Crippen molar-refractivity contribution in [3.05, 3.63) is 5.69 Å². The van der Waals surface area contributed by atoms with Gasteiger partial charge in [0, 0.05) is 12.5 Å². The molecule has 6 nitrogen and oxygen atoms in total. The van der Waals surface area contributed by atoms with Crippen molar-refractivity contribution < 1.29 is 9.59 Å². The van der Waals surface area contributed by atoms with E-state index in [1.165, 1.54) is 23.1 Å². The van der Waals surface area contributed by atoms with E-state index in [4.69, 9.17) is 11.5 Å². The van der Waals surface area contributed by atoms with Crippen LogP contribution in [0.4, 0.5) is 5.13 Å². The van der Waals surface area contributed by atoms with Gasteiger partial charge >= 0.3 is 0 Å². The average molecular weight is 325 g/mol. The van der Waals surface area contributed by atoms with Crippen LogP contribution in [0.5, 0.6) is 0 Å². The molecule has 0 spiro atoms. The van der Waals surface area contributed by atoms with Gasteiger partial charge in [0.25, 0.3) is 0 Å². The van der Waals surface area contributed by atoms with Crippen LogP contribution in [0, 0.1) is 6.92 Å². The largest absolute Gasteiger partial charge is 0.369 e. The first-order valence-electron chi connectivity index (χ1n) is 5.32. The summed E-state index contributed by atoms with van der Waals surface area (Å²) < 4.78 is 0.880. The zero-order valence-electron chi connectivity index (χ0n) is 10.6. The fourth-order valence-electron chi connectivity index (χ4n) is 1.17. The maximum absolute atomic E-state index is 11.5. The van der Waals surface area contributed by atoms with Crippen molar-refractivity contribution in [2.75, 3.05) is 11.1 Å². The van der Waals surface area contributed by atoms with Crippen molar-refractivity contribution in [2.24, 2.45) is 11.5 Å². The Bertz CT molecular complexity index is 451. The second kappa shape index (κ2) is 8.36. The lowest BCUT2D eigenvalue weighted by atomic mass is 10.2. The van der Waals surface area contributed by atoms with E-state index >= 15 is 0 Å². The summed E-state index contributed by atoms with van der Waals surface area (Å²) in [5.74, 6) is -0.337. The Kier molecular flexibility index (Phi) is 8.00. The average Bonchev–Trinajstić information content (AvgIpc) is 2.54. The standard InChI is InChI=1S/C10H16N4O2S2.ClH/c1-5(11)3-8(16)14-10-13-6(2)9(18-10)17-4-7(12)15;/h5H,3-4,11H2,1-2H3,(H2,12,15)(H,13,14,16);1H. The van der Waals surface area contributed by atoms with Crippen LogP contribution in [0.3, 0.4) is 0 Å². The first-order chi connectivity index (χ1) is 8.38. The Morgan fingerprint density at radius 2 is 2.16 bits per heavy atom. The molecule has 0 aromatic carbocycles. The molecular weight excluding hydrogens is 308 g/mol. The zero-order valence-corrected chi connectivity index (χ0v) is 13.1. The summed E-state index contributed by atoms with van der Waals surface area (Å²) in [6, 6.07) is -0.185. The van der Waals surface area contributed by atoms with Gasteiger partial charge in [0.05, 0.1) is 15.7 Å². The van der Waals surface area contributed by atoms with Gasteiger partial charge < -0.3 is 16.8 Å². The third-order valence-corrected chi connectivity index (χ3v) is 4.31. The van der Waals surface area contributed by atoms with Crippen LogP contribution < -0.4 is 16.8 Å². The highest BCUT2D eigenvalue weighted by Gasteiger charge is 2.12. The Morgan fingerprint density at radius 1 is 1.53 bits per heavy atom. The van der Waals surface area contributed by atoms with E-state index in [1.54, 1.807) is 6.92 Å². The minimum absolute atomic E-state index is 0. The van der Waals surface area contributed by atoms with Gasteiger partial charge in [-0.25, -0.2) is 4.98 Å². The van der Waals surface area contributed by atoms with Crippen molar-refractivity contribution in [3.63, 3.8) is 0 Å². The fourth-order valence-corrected chi connectivity index (χ4v) is 3.06. The number of aromatic nitrogens is 1. The minimum atomic E-state index is -0.379. The number of carbonyl (C=O) groups is 2. The van der Waals surface area contributed by atoms with Crippen molar-refractivity contribution >= 4 is 52.5 Å². The van der Waals surface area contributed by atoms with E-state index in [2.05, 4.69) is 10.3 Å². The number of primary amides is 1. The molecule has 19 heavy (non-hydrogen) atoms. The summed E-state index contributed by atoms with van der Waals surface area (Å²) >= 11 is 2.65. The maximum Gasteiger partial charge on any atom is 0.227 e. The molecule has 0 radical (unpaired) electrons. The lowest BCUT2D eigenvalue weighted by Crippen LogP contribution is -2.23. The van der Waals surface area contributed by atoms with Crippen molar-refractivity contribution in [3.8, 4) is 0 Å². The van der Waals surface area contributed by atoms with Gasteiger partial charge in [-0.2, -0.15) is 0 Å². The molecular formula is C10H17ClN4O2S2. The quantitative estimate of drug-likeness (QED) is 0.679. The number of carbonyl (C=O) groups excluding carboxylic acids is 2. The first kappa shape index (κ1) is 18.2. The fraction of sp³-hybridized carbons (Fsp3) is 0.500. The van der Waals surface area contributed by atoms with Gasteiger partial charge in [0.15, 0.2) is 5.13 Å². The topological polar surface area (TPSA) is 111 Å². The Labute approximate surface area is 126 Å². The van der Waals surface area contributed by atoms with Crippen LogP contribution in [-0.2, 0) is 9.59 Å². The SMILES string of the molecule is Cc1nc(NC(=O)CC(C)N)sc1SCC(N)=O.Cl. The van der Waals surface area contributed by atoms with Crippen molar-refractivity contribution in [1.29, 1.82) is 0 Å². The zero-order chi connectivity index (χ0) is 13.7. The van der Waals surface area contributed by atoms with Crippen LogP contribution in [0.1, 0.15) is 19.0 Å². The molecule has 1 unspecified atom stereocenters. The Morgan fingerprint density at radius 3 is 2.68 bits per heavy atom. The number of nitrogens with zero attached hydrogens (tertiary/aromatic N) is 1. The molecule has 108 valence electrons. The molecule has 0 saturated carbocycles. The molecule has 5 N–H and O–H groups in total. The Balaban J connectivity index is 0.00000324. The molecule has 0 saturated heterocycles. The number of anilines is 1. The van der Waals surface area contributed by atoms with Crippen LogP contribution in [-0.4, -0.2) is 28.6 Å². The van der Waals surface area contributed by atoms with Crippen molar-refractivity contribution in [1.82, 2.24) is 4.98 Å². The maximum atomic E-state index is 11.5. The van der Waals surface area contributed by atoms with E-state index in [9.17, 15) is 9.59 Å². The first-order valence-corrected chi connectivity index (χ1v) is 7.12. The molecule has 0 bridgehead atoms. The monoisotopic (exact) mass is 324 g/mol. The molecule has 9 heteroatoms. The second-order valence-corrected chi connectivity index (χ2v) is 6.12. The van der Waals surface area contributed by atoms with Crippen LogP contribution in [0.15, 0.2) is 4.21 Å². The summed E-state index contributed by atoms with van der Waals surface area (Å²) in [5, 5.41) is 3.20. The normalized spacial score (nSPS) is 11.5. The number of nitrogens with one attached hydrogen (secondary N) is 1. The van der Waals surface area contributed by atoms with E-state index < -0.39 is 0 Å². The highest BCUT2D eigenvalue weighted by molar-refractivity contribution is 8.01. The van der Waals surface area contributed by atoms with Crippen LogP contribution >= 0.6 is 35.5 Å². The molecule has 1 rings (SSSR count). The van der Waals surface area contributed by atoms with Gasteiger partial charge in [0.1, 0.15) is 0 Å². The number of hydrogen-bond donors (Lipinski definition) is 3. The number of halogens is 1. The van der Waals surface area contributed by atoms with E-state index in [0.29, 0.717) is 5.13 Å². The van der Waals surface area contributed by atoms with Crippen LogP contribution in [0.25, 0.3) is 0 Å². The third kappa shape index (κ3) is 6.76. The number of thiazole rings is 1. The highest BCUT2D eigenvalue weighted by atomic mass is 35.5. The molecule has 1 atom stereocenters. The van der Waals surface area contributed by atoms with E-state index in [1.807, 2.05) is 6.92 Å². The number of aryl methyl sites for hydroxylation is 1. The van der Waals surface area contributed by atoms with Gasteiger partial charge in [-0.3, -0.25) is 9.59 Å². The second-order valence-electron chi connectivity index (χ2n) is 3.88. The molecule has 0 aliphatic carbocycles. The molecule has 0 aliphatic heterocycles. The van der Waals surface area contributed by atoms with Gasteiger partial charge in [-0.15, -0.1) is 24.2 Å². The molecule has 2 amide bonds. The number of hydrogen-bond acceptors (Lipinski definition) is 6. The summed E-state index contributed by atoms with van der Waals surface area (Å²) in [7, 11) is 0. The summed E-state index contributed by atoms with van der Waals surface area (Å²) in [6.45, 7) is 3.59. The predicted octanol–water partition coefficient (Wildman–Crippen LogP) is 1.13. The van der Waals surface area contributed by atoms with E-state index in [0.717, 1.165) is 9.90 Å². The highest BCUT2D eigenvalue weighted by Crippen LogP contribution is 2.31. The third-order valence-electron chi connectivity index (χ3n) is 1.85. The minimum Gasteiger partial charge on any atom is -0.369 e. The van der Waals surface area contributed by atoms with E-state index in [-0.39, 0.29) is 42.4 Å². The van der Waals surface area contributed by atoms with Gasteiger partial charge in [-0.1, -0.05) is 11.3 Å². The molecule has 1 heterocycles. The van der Waals surface area contributed by atoms with Gasteiger partial charge in [0.2, 0.25) is 11.8 Å². The summed E-state index contributed by atoms with van der Waals surface area (Å²) in [4.78, 5) is 26.4. The smallest absolute Gasteiger partial charge is 0.227 e. The van der Waals surface area contributed by atoms with Crippen molar-refractivity contribution in [2.45, 2.75) is 30.5 Å². The lowest BCUT2D eigenvalue weighted by Gasteiger charge is -2.03. The van der Waals surface area contributed by atoms with Crippen LogP contribution in [0.2, 0.25) is 0 Å². The number of amides is 2. The Hall–Kier alpha value is -0.830. The molecule has 0 fully saturated rings. The van der Waals surface area contributed by atoms with Gasteiger partial charge in [-0.05, 0) is 13.8 Å². The molecule has 1 aromatic heterocycles. The predicted molar refractivity (Wildman–Crippen MR) is 80.9 cm³/mol. The number of nitrogens with two attached hydrogens (primary N) is 2. The lowest BCUT2D eigenvalue weighted by molar-refractivity contribution is -0.117. The molecule has 0 aliphatic rings. The summed E-state index contributed by atoms with van der Waals surface area (Å²) in [5.41, 5.74) is 11.4. The number of rotatable bonds is 6. The molecule has 1 aromatic rings.